The van der Waals surface area contributed by atoms with Crippen molar-refractivity contribution in [3.05, 3.63) is 48.0 Å². The van der Waals surface area contributed by atoms with Crippen molar-refractivity contribution in [2.24, 2.45) is 4.99 Å². The van der Waals surface area contributed by atoms with Crippen molar-refractivity contribution >= 4 is 29.9 Å². The number of unbranched alkanes of at least 4 members (excludes halogenated alkanes) is 1. The van der Waals surface area contributed by atoms with Crippen molar-refractivity contribution < 1.29 is 0 Å². The normalized spacial score (nSPS) is 15.6. The maximum absolute atomic E-state index is 4.77. The van der Waals surface area contributed by atoms with E-state index >= 15 is 0 Å². The monoisotopic (exact) mass is 525 g/mol. The molecule has 0 unspecified atom stereocenters. The lowest BCUT2D eigenvalue weighted by Crippen LogP contribution is -2.48. The number of aryl methyl sites for hydroxylation is 2. The molecule has 1 aromatic heterocycles. The summed E-state index contributed by atoms with van der Waals surface area (Å²) in [4.78, 5) is 7.33. The second-order valence-electron chi connectivity index (χ2n) is 7.79. The number of likely N-dealkylation sites (tertiary alicyclic amines) is 1. The summed E-state index contributed by atoms with van der Waals surface area (Å²) in [5, 5.41) is 14.7. The van der Waals surface area contributed by atoms with E-state index in [4.69, 9.17) is 4.99 Å². The molecule has 0 saturated carbocycles. The summed E-state index contributed by atoms with van der Waals surface area (Å²) in [6.45, 7) is 10.3. The van der Waals surface area contributed by atoms with Gasteiger partial charge in [-0.3, -0.25) is 9.89 Å². The zero-order valence-corrected chi connectivity index (χ0v) is 20.6. The summed E-state index contributed by atoms with van der Waals surface area (Å²) in [7, 11) is 0. The third-order valence-electron chi connectivity index (χ3n) is 5.49. The molecule has 2 heterocycles. The van der Waals surface area contributed by atoms with Gasteiger partial charge in [-0.25, -0.2) is 0 Å². The maximum Gasteiger partial charge on any atom is 0.191 e. The molecular weight excluding hydrogens is 489 g/mol. The Morgan fingerprint density at radius 2 is 1.87 bits per heavy atom. The highest BCUT2D eigenvalue weighted by Gasteiger charge is 2.20. The Kier molecular flexibility index (Phi) is 11.1. The first-order valence-corrected chi connectivity index (χ1v) is 10.9. The summed E-state index contributed by atoms with van der Waals surface area (Å²) in [5.41, 5.74) is 2.83. The summed E-state index contributed by atoms with van der Waals surface area (Å²) in [6, 6.07) is 9.21. The fraction of sp³-hybridized carbons (Fsp3) is 0.591. The molecule has 0 radical (unpaired) electrons. The fourth-order valence-electron chi connectivity index (χ4n) is 3.71. The highest BCUT2D eigenvalue weighted by molar-refractivity contribution is 14.0. The van der Waals surface area contributed by atoms with Crippen LogP contribution in [-0.4, -0.2) is 57.8 Å². The van der Waals surface area contributed by atoms with E-state index in [9.17, 15) is 0 Å². The molecule has 0 atom stereocenters. The molecule has 0 aliphatic carbocycles. The SMILES string of the molecule is CCNC(=NCCCCn1cnnc1)NC1CCN(Cc2ccccc2C)CC1.I. The van der Waals surface area contributed by atoms with Gasteiger partial charge in [0.2, 0.25) is 0 Å². The number of hydrogen-bond donors (Lipinski definition) is 2. The highest BCUT2D eigenvalue weighted by Crippen LogP contribution is 2.16. The van der Waals surface area contributed by atoms with Gasteiger partial charge in [-0.2, -0.15) is 0 Å². The molecule has 7 nitrogen and oxygen atoms in total. The first-order valence-electron chi connectivity index (χ1n) is 10.9. The van der Waals surface area contributed by atoms with Crippen LogP contribution in [0.1, 0.15) is 43.7 Å². The molecule has 0 spiro atoms. The lowest BCUT2D eigenvalue weighted by atomic mass is 10.0. The van der Waals surface area contributed by atoms with E-state index in [1.54, 1.807) is 12.7 Å². The van der Waals surface area contributed by atoms with Crippen LogP contribution in [-0.2, 0) is 13.1 Å². The third kappa shape index (κ3) is 8.22. The molecule has 166 valence electrons. The number of rotatable bonds is 9. The van der Waals surface area contributed by atoms with Crippen LogP contribution in [0.15, 0.2) is 41.9 Å². The van der Waals surface area contributed by atoms with Crippen LogP contribution < -0.4 is 10.6 Å². The molecule has 3 rings (SSSR count). The van der Waals surface area contributed by atoms with Crippen LogP contribution in [0.25, 0.3) is 0 Å². The van der Waals surface area contributed by atoms with Gasteiger partial charge in [0.05, 0.1) is 0 Å². The van der Waals surface area contributed by atoms with Gasteiger partial charge >= 0.3 is 0 Å². The summed E-state index contributed by atoms with van der Waals surface area (Å²) in [5.74, 6) is 0.953. The second kappa shape index (κ2) is 13.6. The molecule has 1 aliphatic rings. The van der Waals surface area contributed by atoms with Crippen molar-refractivity contribution in [1.29, 1.82) is 0 Å². The Hall–Kier alpha value is -1.68. The minimum Gasteiger partial charge on any atom is -0.357 e. The van der Waals surface area contributed by atoms with E-state index in [2.05, 4.69) is 63.8 Å². The Morgan fingerprint density at radius 3 is 2.57 bits per heavy atom. The number of aromatic nitrogens is 3. The van der Waals surface area contributed by atoms with Gasteiger partial charge in [-0.1, -0.05) is 24.3 Å². The zero-order valence-electron chi connectivity index (χ0n) is 18.3. The number of hydrogen-bond acceptors (Lipinski definition) is 4. The first kappa shape index (κ1) is 24.6. The van der Waals surface area contributed by atoms with Crippen LogP contribution in [0, 0.1) is 6.92 Å². The van der Waals surface area contributed by atoms with Gasteiger partial charge in [0.15, 0.2) is 5.96 Å². The van der Waals surface area contributed by atoms with Crippen LogP contribution >= 0.6 is 24.0 Å². The van der Waals surface area contributed by atoms with E-state index in [0.29, 0.717) is 6.04 Å². The number of guanidine groups is 1. The Balaban J connectivity index is 0.00000320. The second-order valence-corrected chi connectivity index (χ2v) is 7.79. The minimum absolute atomic E-state index is 0. The molecular formula is C22H36IN7. The number of nitrogens with zero attached hydrogens (tertiary/aromatic N) is 5. The summed E-state index contributed by atoms with van der Waals surface area (Å²) in [6.07, 6.45) is 7.98. The van der Waals surface area contributed by atoms with Crippen LogP contribution in [0.5, 0.6) is 0 Å². The standard InChI is InChI=1S/C22H35N7.HI/c1-3-23-22(24-12-6-7-13-29-17-25-26-18-29)27-21-10-14-28(15-11-21)16-20-9-5-4-8-19(20)2;/h4-5,8-9,17-18,21H,3,6-7,10-16H2,1-2H3,(H2,23,24,27);1H. The molecule has 1 aliphatic heterocycles. The lowest BCUT2D eigenvalue weighted by molar-refractivity contribution is 0.198. The summed E-state index contributed by atoms with van der Waals surface area (Å²) < 4.78 is 2.01. The van der Waals surface area contributed by atoms with Crippen molar-refractivity contribution in [2.75, 3.05) is 26.2 Å². The van der Waals surface area contributed by atoms with Crippen molar-refractivity contribution in [2.45, 2.75) is 58.7 Å². The van der Waals surface area contributed by atoms with E-state index in [-0.39, 0.29) is 24.0 Å². The van der Waals surface area contributed by atoms with Gasteiger partial charge in [-0.15, -0.1) is 34.2 Å². The van der Waals surface area contributed by atoms with Crippen LogP contribution in [0.3, 0.4) is 0 Å². The predicted octanol–water partition coefficient (Wildman–Crippen LogP) is 3.20. The predicted molar refractivity (Wildman–Crippen MR) is 133 cm³/mol. The van der Waals surface area contributed by atoms with E-state index in [1.165, 1.54) is 11.1 Å². The van der Waals surface area contributed by atoms with Crippen LogP contribution in [0.2, 0.25) is 0 Å². The quantitative estimate of drug-likeness (QED) is 0.228. The van der Waals surface area contributed by atoms with Gasteiger partial charge in [0.25, 0.3) is 0 Å². The Morgan fingerprint density at radius 1 is 1.13 bits per heavy atom. The largest absolute Gasteiger partial charge is 0.357 e. The zero-order chi connectivity index (χ0) is 20.3. The number of halogens is 1. The molecule has 1 aromatic carbocycles. The topological polar surface area (TPSA) is 70.4 Å². The average Bonchev–Trinajstić information content (AvgIpc) is 3.24. The number of nitrogens with one attached hydrogen (secondary N) is 2. The first-order chi connectivity index (χ1) is 14.2. The smallest absolute Gasteiger partial charge is 0.191 e. The Bertz CT molecular complexity index is 740. The number of aliphatic imine (C=N–C) groups is 1. The molecule has 1 saturated heterocycles. The van der Waals surface area contributed by atoms with Crippen molar-refractivity contribution in [3.63, 3.8) is 0 Å². The van der Waals surface area contributed by atoms with E-state index in [1.807, 2.05) is 4.57 Å². The molecule has 30 heavy (non-hydrogen) atoms. The average molecular weight is 525 g/mol. The maximum atomic E-state index is 4.77. The van der Waals surface area contributed by atoms with E-state index in [0.717, 1.165) is 70.9 Å². The molecule has 2 N–H and O–H groups in total. The number of piperidine rings is 1. The van der Waals surface area contributed by atoms with Crippen LogP contribution in [0.4, 0.5) is 0 Å². The number of benzene rings is 1. The molecule has 1 fully saturated rings. The Labute approximate surface area is 197 Å². The molecule has 8 heteroatoms. The minimum atomic E-state index is 0. The molecule has 0 bridgehead atoms. The summed E-state index contributed by atoms with van der Waals surface area (Å²) >= 11 is 0. The van der Waals surface area contributed by atoms with Gasteiger partial charge in [0.1, 0.15) is 12.7 Å². The molecule has 2 aromatic rings. The van der Waals surface area contributed by atoms with E-state index < -0.39 is 0 Å². The molecule has 0 amide bonds. The van der Waals surface area contributed by atoms with Gasteiger partial charge in [-0.05, 0) is 50.7 Å². The highest BCUT2D eigenvalue weighted by atomic mass is 127. The third-order valence-corrected chi connectivity index (χ3v) is 5.49. The lowest BCUT2D eigenvalue weighted by Gasteiger charge is -2.33. The van der Waals surface area contributed by atoms with Gasteiger partial charge in [0, 0.05) is 45.3 Å². The van der Waals surface area contributed by atoms with Gasteiger partial charge < -0.3 is 15.2 Å². The van der Waals surface area contributed by atoms with Crippen molar-refractivity contribution in [1.82, 2.24) is 30.3 Å². The van der Waals surface area contributed by atoms with Crippen molar-refractivity contribution in [3.8, 4) is 0 Å². The fourth-order valence-corrected chi connectivity index (χ4v) is 3.71.